The summed E-state index contributed by atoms with van der Waals surface area (Å²) in [6.07, 6.45) is 0.696. The average molecular weight is 184 g/mol. The number of nitrogens with two attached hydrogens (primary N) is 1. The van der Waals surface area contributed by atoms with Crippen LogP contribution >= 0.6 is 0 Å². The van der Waals surface area contributed by atoms with Crippen molar-refractivity contribution in [2.75, 3.05) is 0 Å². The fourth-order valence-corrected chi connectivity index (χ4v) is 0.972. The van der Waals surface area contributed by atoms with Crippen molar-refractivity contribution in [1.82, 2.24) is 15.0 Å². The third kappa shape index (κ3) is 1.83. The molecule has 0 saturated heterocycles. The van der Waals surface area contributed by atoms with Gasteiger partial charge in [-0.3, -0.25) is 4.79 Å². The number of hydrogen-bond donors (Lipinski definition) is 2. The third-order valence-electron chi connectivity index (χ3n) is 1.81. The minimum atomic E-state index is -0.711. The van der Waals surface area contributed by atoms with Crippen LogP contribution in [0.4, 0.5) is 0 Å². The summed E-state index contributed by atoms with van der Waals surface area (Å²) in [6, 6.07) is -0.591. The largest absolute Gasteiger partial charge is 0.387 e. The van der Waals surface area contributed by atoms with Gasteiger partial charge in [0, 0.05) is 0 Å². The predicted octanol–water partition coefficient (Wildman–Crippen LogP) is -0.622. The maximum Gasteiger partial charge on any atom is 0.242 e. The highest BCUT2D eigenvalue weighted by atomic mass is 16.3. The van der Waals surface area contributed by atoms with Gasteiger partial charge in [-0.2, -0.15) is 0 Å². The Morgan fingerprint density at radius 2 is 2.31 bits per heavy atom. The number of aliphatic hydroxyl groups is 1. The van der Waals surface area contributed by atoms with Gasteiger partial charge >= 0.3 is 0 Å². The predicted molar refractivity (Wildman–Crippen MR) is 44.6 cm³/mol. The van der Waals surface area contributed by atoms with E-state index < -0.39 is 18.1 Å². The molecule has 1 heterocycles. The molecule has 0 radical (unpaired) electrons. The molecule has 72 valence electrons. The van der Waals surface area contributed by atoms with E-state index >= 15 is 0 Å². The van der Waals surface area contributed by atoms with Crippen LogP contribution in [0.15, 0.2) is 6.20 Å². The van der Waals surface area contributed by atoms with Crippen LogP contribution in [0.3, 0.4) is 0 Å². The topological polar surface area (TPSA) is 94.0 Å². The molecule has 0 aliphatic heterocycles. The Bertz CT molecular complexity index is 307. The maximum atomic E-state index is 10.8. The van der Waals surface area contributed by atoms with Crippen LogP contribution in [0.25, 0.3) is 0 Å². The molecule has 0 saturated carbocycles. The zero-order valence-corrected chi connectivity index (χ0v) is 7.51. The average Bonchev–Trinajstić information content (AvgIpc) is 2.50. The molecule has 0 aromatic carbocycles. The first-order valence-electron chi connectivity index (χ1n) is 3.91. The van der Waals surface area contributed by atoms with Crippen LogP contribution in [0.5, 0.6) is 0 Å². The summed E-state index contributed by atoms with van der Waals surface area (Å²) in [5, 5.41) is 16.5. The minimum absolute atomic E-state index is 0.478. The molecule has 3 N–H and O–H groups in total. The molecule has 2 atom stereocenters. The summed E-state index contributed by atoms with van der Waals surface area (Å²) in [4.78, 5) is 10.8. The Hall–Kier alpha value is -1.43. The van der Waals surface area contributed by atoms with Gasteiger partial charge in [0.2, 0.25) is 5.91 Å². The first-order valence-corrected chi connectivity index (χ1v) is 3.91. The minimum Gasteiger partial charge on any atom is -0.387 e. The molecule has 13 heavy (non-hydrogen) atoms. The van der Waals surface area contributed by atoms with Crippen molar-refractivity contribution < 1.29 is 9.90 Å². The van der Waals surface area contributed by atoms with Crippen LogP contribution in [0.1, 0.15) is 31.7 Å². The molecule has 0 bridgehead atoms. The smallest absolute Gasteiger partial charge is 0.242 e. The molecule has 0 aliphatic carbocycles. The molecule has 1 unspecified atom stereocenters. The second kappa shape index (κ2) is 3.53. The Labute approximate surface area is 75.3 Å². The zero-order chi connectivity index (χ0) is 10.0. The molecular weight excluding hydrogens is 172 g/mol. The summed E-state index contributed by atoms with van der Waals surface area (Å²) in [7, 11) is 0. The quantitative estimate of drug-likeness (QED) is 0.654. The van der Waals surface area contributed by atoms with Crippen LogP contribution in [0.2, 0.25) is 0 Å². The van der Waals surface area contributed by atoms with Crippen LogP contribution in [0, 0.1) is 0 Å². The Morgan fingerprint density at radius 3 is 2.77 bits per heavy atom. The van der Waals surface area contributed by atoms with E-state index in [1.807, 2.05) is 0 Å². The molecule has 1 rings (SSSR count). The van der Waals surface area contributed by atoms with E-state index in [9.17, 15) is 9.90 Å². The summed E-state index contributed by atoms with van der Waals surface area (Å²) < 4.78 is 1.31. The van der Waals surface area contributed by atoms with Crippen molar-refractivity contribution in [3.63, 3.8) is 0 Å². The van der Waals surface area contributed by atoms with Gasteiger partial charge in [-0.05, 0) is 13.8 Å². The van der Waals surface area contributed by atoms with Crippen molar-refractivity contribution in [3.05, 3.63) is 11.9 Å². The normalized spacial score (nSPS) is 15.3. The van der Waals surface area contributed by atoms with Gasteiger partial charge in [-0.25, -0.2) is 4.68 Å². The van der Waals surface area contributed by atoms with Crippen LogP contribution in [-0.4, -0.2) is 26.0 Å². The number of hydrogen-bond acceptors (Lipinski definition) is 4. The Kier molecular flexibility index (Phi) is 2.62. The number of aliphatic hydroxyl groups excluding tert-OH is 1. The summed E-state index contributed by atoms with van der Waals surface area (Å²) >= 11 is 0. The number of carbonyl (C=O) groups excluding carboxylic acids is 1. The molecular formula is C7H12N4O2. The fraction of sp³-hybridized carbons (Fsp3) is 0.571. The molecule has 1 amide bonds. The van der Waals surface area contributed by atoms with Gasteiger partial charge in [0.1, 0.15) is 6.04 Å². The van der Waals surface area contributed by atoms with E-state index in [1.54, 1.807) is 13.8 Å². The van der Waals surface area contributed by atoms with Gasteiger partial charge in [-0.15, -0.1) is 5.10 Å². The molecule has 1 aromatic rings. The Balaban J connectivity index is 3.00. The second-order valence-electron chi connectivity index (χ2n) is 2.86. The van der Waals surface area contributed by atoms with E-state index in [0.717, 1.165) is 0 Å². The molecule has 0 spiro atoms. The first kappa shape index (κ1) is 9.66. The van der Waals surface area contributed by atoms with Crippen LogP contribution in [-0.2, 0) is 4.79 Å². The maximum absolute atomic E-state index is 10.8. The zero-order valence-electron chi connectivity index (χ0n) is 7.51. The van der Waals surface area contributed by atoms with E-state index in [4.69, 9.17) is 5.73 Å². The standard InChI is InChI=1S/C7H12N4O2/c1-4(7(8)13)11-6(5(2)12)3-9-10-11/h3-5,12H,1-2H3,(H2,8,13)/t4?,5-/m1/s1. The lowest BCUT2D eigenvalue weighted by Crippen LogP contribution is -2.26. The molecule has 0 fully saturated rings. The summed E-state index contributed by atoms with van der Waals surface area (Å²) in [5.41, 5.74) is 5.57. The lowest BCUT2D eigenvalue weighted by atomic mass is 10.2. The van der Waals surface area contributed by atoms with E-state index in [2.05, 4.69) is 10.3 Å². The lowest BCUT2D eigenvalue weighted by molar-refractivity contribution is -0.121. The Morgan fingerprint density at radius 1 is 1.69 bits per heavy atom. The number of rotatable bonds is 3. The fourth-order valence-electron chi connectivity index (χ4n) is 0.972. The van der Waals surface area contributed by atoms with E-state index in [-0.39, 0.29) is 0 Å². The van der Waals surface area contributed by atoms with Crippen molar-refractivity contribution in [2.45, 2.75) is 26.0 Å². The highest BCUT2D eigenvalue weighted by molar-refractivity contribution is 5.77. The van der Waals surface area contributed by atoms with Gasteiger partial charge < -0.3 is 10.8 Å². The van der Waals surface area contributed by atoms with E-state index in [1.165, 1.54) is 10.9 Å². The van der Waals surface area contributed by atoms with Gasteiger partial charge in [0.15, 0.2) is 0 Å². The monoisotopic (exact) mass is 184 g/mol. The van der Waals surface area contributed by atoms with Crippen molar-refractivity contribution in [2.24, 2.45) is 5.73 Å². The lowest BCUT2D eigenvalue weighted by Gasteiger charge is -2.11. The van der Waals surface area contributed by atoms with Crippen molar-refractivity contribution >= 4 is 5.91 Å². The number of aromatic nitrogens is 3. The highest BCUT2D eigenvalue weighted by Crippen LogP contribution is 2.14. The molecule has 6 nitrogen and oxygen atoms in total. The van der Waals surface area contributed by atoms with Crippen LogP contribution < -0.4 is 5.73 Å². The highest BCUT2D eigenvalue weighted by Gasteiger charge is 2.18. The number of primary amides is 1. The van der Waals surface area contributed by atoms with Gasteiger partial charge in [0.05, 0.1) is 18.0 Å². The third-order valence-corrected chi connectivity index (χ3v) is 1.81. The second-order valence-corrected chi connectivity index (χ2v) is 2.86. The molecule has 6 heteroatoms. The number of nitrogens with zero attached hydrogens (tertiary/aromatic N) is 3. The first-order chi connectivity index (χ1) is 6.04. The van der Waals surface area contributed by atoms with E-state index in [0.29, 0.717) is 5.69 Å². The van der Waals surface area contributed by atoms with Crippen molar-refractivity contribution in [1.29, 1.82) is 0 Å². The molecule has 0 aliphatic rings. The van der Waals surface area contributed by atoms with Gasteiger partial charge in [0.25, 0.3) is 0 Å². The molecule has 1 aromatic heterocycles. The summed E-state index contributed by atoms with van der Waals surface area (Å²) in [5.74, 6) is -0.507. The SMILES string of the molecule is CC(C(N)=O)n1nncc1[C@@H](C)O. The number of carbonyl (C=O) groups is 1. The summed E-state index contributed by atoms with van der Waals surface area (Å²) in [6.45, 7) is 3.17. The van der Waals surface area contributed by atoms with Gasteiger partial charge in [-0.1, -0.05) is 5.21 Å². The van der Waals surface area contributed by atoms with Crippen molar-refractivity contribution in [3.8, 4) is 0 Å². The number of amides is 1.